The molecule has 0 aromatic heterocycles. The fourth-order valence-electron chi connectivity index (χ4n) is 1.26. The molecule has 0 spiro atoms. The summed E-state index contributed by atoms with van der Waals surface area (Å²) in [6.45, 7) is 2.04. The molecule has 0 aliphatic heterocycles. The van der Waals surface area contributed by atoms with Gasteiger partial charge in [-0.1, -0.05) is 12.1 Å². The quantitative estimate of drug-likeness (QED) is 0.757. The molecule has 1 unspecified atom stereocenters. The fourth-order valence-corrected chi connectivity index (χ4v) is 1.61. The third-order valence-electron chi connectivity index (χ3n) is 2.16. The minimum atomic E-state index is -4.43. The molecule has 1 atom stereocenters. The highest BCUT2D eigenvalue weighted by atomic mass is 32.3. The van der Waals surface area contributed by atoms with Gasteiger partial charge in [0, 0.05) is 6.04 Å². The second-order valence-corrected chi connectivity index (χ2v) is 4.57. The van der Waals surface area contributed by atoms with E-state index >= 15 is 0 Å². The smallest absolute Gasteiger partial charge is 0.362 e. The molecule has 0 amide bonds. The Morgan fingerprint density at radius 1 is 1.38 bits per heavy atom. The van der Waals surface area contributed by atoms with E-state index in [-0.39, 0.29) is 5.75 Å². The van der Waals surface area contributed by atoms with Crippen LogP contribution < -0.4 is 9.50 Å². The van der Waals surface area contributed by atoms with Crippen molar-refractivity contribution in [2.75, 3.05) is 7.05 Å². The number of rotatable bonds is 5. The summed E-state index contributed by atoms with van der Waals surface area (Å²) in [6, 6.07) is 6.87. The first-order valence-electron chi connectivity index (χ1n) is 4.84. The minimum absolute atomic E-state index is 0.100. The highest BCUT2D eigenvalue weighted by Crippen LogP contribution is 2.14. The topological polar surface area (TPSA) is 75.6 Å². The molecule has 0 heterocycles. The third kappa shape index (κ3) is 4.61. The molecule has 16 heavy (non-hydrogen) atoms. The molecule has 2 N–H and O–H groups in total. The van der Waals surface area contributed by atoms with E-state index < -0.39 is 10.4 Å². The molecule has 6 heteroatoms. The molecule has 1 rings (SSSR count). The van der Waals surface area contributed by atoms with Gasteiger partial charge in [0.25, 0.3) is 0 Å². The van der Waals surface area contributed by atoms with Crippen LogP contribution in [0.1, 0.15) is 12.5 Å². The zero-order chi connectivity index (χ0) is 12.2. The Balaban J connectivity index is 2.68. The first-order valence-corrected chi connectivity index (χ1v) is 6.20. The number of likely N-dealkylation sites (N-methyl/N-ethyl adjacent to an activating group) is 1. The van der Waals surface area contributed by atoms with Crippen LogP contribution in [0.15, 0.2) is 24.3 Å². The van der Waals surface area contributed by atoms with Gasteiger partial charge >= 0.3 is 10.4 Å². The third-order valence-corrected chi connectivity index (χ3v) is 2.56. The Kier molecular flexibility index (Phi) is 4.28. The maximum Gasteiger partial charge on any atom is 0.446 e. The largest absolute Gasteiger partial charge is 0.446 e. The van der Waals surface area contributed by atoms with E-state index in [2.05, 4.69) is 9.50 Å². The van der Waals surface area contributed by atoms with Crippen molar-refractivity contribution in [2.24, 2.45) is 0 Å². The average Bonchev–Trinajstić information content (AvgIpc) is 2.18. The van der Waals surface area contributed by atoms with Crippen molar-refractivity contribution in [3.8, 4) is 5.75 Å². The van der Waals surface area contributed by atoms with Crippen LogP contribution in [0, 0.1) is 0 Å². The van der Waals surface area contributed by atoms with Crippen LogP contribution in [-0.4, -0.2) is 26.1 Å². The molecule has 1 aromatic rings. The van der Waals surface area contributed by atoms with Crippen molar-refractivity contribution < 1.29 is 17.2 Å². The predicted octanol–water partition coefficient (Wildman–Crippen LogP) is 1.02. The van der Waals surface area contributed by atoms with Crippen molar-refractivity contribution in [3.63, 3.8) is 0 Å². The summed E-state index contributed by atoms with van der Waals surface area (Å²) in [6.07, 6.45) is 0.836. The fraction of sp³-hybridized carbons (Fsp3) is 0.400. The summed E-state index contributed by atoms with van der Waals surface area (Å²) in [5.74, 6) is 0.100. The summed E-state index contributed by atoms with van der Waals surface area (Å²) < 4.78 is 33.6. The van der Waals surface area contributed by atoms with Crippen LogP contribution in [0.3, 0.4) is 0 Å². The van der Waals surface area contributed by atoms with E-state index in [9.17, 15) is 8.42 Å². The molecule has 0 saturated heterocycles. The van der Waals surface area contributed by atoms with Crippen LogP contribution in [0.25, 0.3) is 0 Å². The van der Waals surface area contributed by atoms with E-state index in [0.717, 1.165) is 12.0 Å². The molecule has 5 nitrogen and oxygen atoms in total. The van der Waals surface area contributed by atoms with Gasteiger partial charge in [0.1, 0.15) is 5.75 Å². The van der Waals surface area contributed by atoms with Crippen molar-refractivity contribution in [3.05, 3.63) is 29.8 Å². The van der Waals surface area contributed by atoms with Gasteiger partial charge in [-0.05, 0) is 38.1 Å². The first-order chi connectivity index (χ1) is 7.40. The molecule has 0 aliphatic carbocycles. The summed E-state index contributed by atoms with van der Waals surface area (Å²) in [5.41, 5.74) is 1.06. The molecular weight excluding hydrogens is 230 g/mol. The standard InChI is InChI=1S/C10H15NO4S/c1-8(11-2)7-9-3-5-10(6-4-9)15-16(12,13)14/h3-6,8,11H,7H2,1-2H3,(H,12,13,14). The van der Waals surface area contributed by atoms with Gasteiger partial charge < -0.3 is 9.50 Å². The van der Waals surface area contributed by atoms with Gasteiger partial charge in [-0.25, -0.2) is 0 Å². The van der Waals surface area contributed by atoms with E-state index in [4.69, 9.17) is 4.55 Å². The normalized spacial score (nSPS) is 13.4. The summed E-state index contributed by atoms with van der Waals surface area (Å²) in [5, 5.41) is 3.10. The monoisotopic (exact) mass is 245 g/mol. The molecule has 0 aliphatic rings. The van der Waals surface area contributed by atoms with Crippen LogP contribution >= 0.6 is 0 Å². The van der Waals surface area contributed by atoms with Crippen molar-refractivity contribution in [1.82, 2.24) is 5.32 Å². The summed E-state index contributed by atoms with van der Waals surface area (Å²) >= 11 is 0. The molecule has 0 fully saturated rings. The summed E-state index contributed by atoms with van der Waals surface area (Å²) in [7, 11) is -2.55. The van der Waals surface area contributed by atoms with Crippen molar-refractivity contribution in [2.45, 2.75) is 19.4 Å². The van der Waals surface area contributed by atoms with Crippen LogP contribution in [0.4, 0.5) is 0 Å². The van der Waals surface area contributed by atoms with Gasteiger partial charge in [0.2, 0.25) is 0 Å². The van der Waals surface area contributed by atoms with Gasteiger partial charge in [0.05, 0.1) is 0 Å². The lowest BCUT2D eigenvalue weighted by atomic mass is 10.1. The minimum Gasteiger partial charge on any atom is -0.362 e. The number of hydrogen-bond acceptors (Lipinski definition) is 4. The maximum absolute atomic E-state index is 10.4. The van der Waals surface area contributed by atoms with Crippen LogP contribution in [0.2, 0.25) is 0 Å². The number of benzene rings is 1. The number of nitrogens with one attached hydrogen (secondary N) is 1. The predicted molar refractivity (Wildman–Crippen MR) is 60.8 cm³/mol. The lowest BCUT2D eigenvalue weighted by Gasteiger charge is -2.10. The Hall–Kier alpha value is -1.11. The van der Waals surface area contributed by atoms with Gasteiger partial charge in [-0.2, -0.15) is 8.42 Å². The zero-order valence-electron chi connectivity index (χ0n) is 9.17. The van der Waals surface area contributed by atoms with Crippen molar-refractivity contribution >= 4 is 10.4 Å². The Bertz CT molecular complexity index is 427. The highest BCUT2D eigenvalue weighted by Gasteiger charge is 2.07. The Labute approximate surface area is 95.4 Å². The van der Waals surface area contributed by atoms with Crippen LogP contribution in [0.5, 0.6) is 5.75 Å². The van der Waals surface area contributed by atoms with Gasteiger partial charge in [-0.3, -0.25) is 4.55 Å². The molecule has 0 bridgehead atoms. The molecule has 0 saturated carbocycles. The van der Waals surface area contributed by atoms with Crippen LogP contribution in [-0.2, 0) is 16.8 Å². The second-order valence-electron chi connectivity index (χ2n) is 3.55. The molecule has 90 valence electrons. The van der Waals surface area contributed by atoms with Gasteiger partial charge in [-0.15, -0.1) is 0 Å². The SMILES string of the molecule is CNC(C)Cc1ccc(OS(=O)(=O)O)cc1. The van der Waals surface area contributed by atoms with E-state index in [1.807, 2.05) is 14.0 Å². The Morgan fingerprint density at radius 3 is 2.38 bits per heavy atom. The second kappa shape index (κ2) is 5.29. The molecule has 0 radical (unpaired) electrons. The van der Waals surface area contributed by atoms with Gasteiger partial charge in [0.15, 0.2) is 0 Å². The highest BCUT2D eigenvalue weighted by molar-refractivity contribution is 7.81. The maximum atomic E-state index is 10.4. The number of hydrogen-bond donors (Lipinski definition) is 2. The average molecular weight is 245 g/mol. The zero-order valence-corrected chi connectivity index (χ0v) is 9.99. The van der Waals surface area contributed by atoms with E-state index in [1.165, 1.54) is 12.1 Å². The molecular formula is C10H15NO4S. The summed E-state index contributed by atoms with van der Waals surface area (Å²) in [4.78, 5) is 0. The lowest BCUT2D eigenvalue weighted by Crippen LogP contribution is -2.23. The molecule has 1 aromatic carbocycles. The van der Waals surface area contributed by atoms with E-state index in [0.29, 0.717) is 6.04 Å². The Morgan fingerprint density at radius 2 is 1.94 bits per heavy atom. The lowest BCUT2D eigenvalue weighted by molar-refractivity contribution is 0.386. The first kappa shape index (κ1) is 13.0. The van der Waals surface area contributed by atoms with E-state index in [1.54, 1.807) is 12.1 Å². The van der Waals surface area contributed by atoms with Crippen molar-refractivity contribution in [1.29, 1.82) is 0 Å².